The van der Waals surface area contributed by atoms with Crippen LogP contribution in [0.15, 0.2) is 0 Å². The van der Waals surface area contributed by atoms with Crippen molar-refractivity contribution in [3.05, 3.63) is 9.54 Å². The average molecular weight is 298 g/mol. The van der Waals surface area contributed by atoms with Crippen molar-refractivity contribution in [3.63, 3.8) is 0 Å². The molecule has 0 spiro atoms. The quantitative estimate of drug-likeness (QED) is 0.369. The molecular formula is C7H7N4NaO4S2. The minimum Gasteiger partial charge on any atom is -0.548 e. The van der Waals surface area contributed by atoms with Gasteiger partial charge in [0.05, 0.1) is 12.5 Å². The number of aliphatic carboxylic acids is 2. The molecule has 0 aromatic carbocycles. The second-order valence-corrected chi connectivity index (χ2v) is 3.74. The molecule has 11 heteroatoms. The van der Waals surface area contributed by atoms with Gasteiger partial charge in [-0.25, -0.2) is 0 Å². The molecule has 0 amide bonds. The summed E-state index contributed by atoms with van der Waals surface area (Å²) >= 11 is 9.52. The number of hydrogen-bond donors (Lipinski definition) is 3. The van der Waals surface area contributed by atoms with E-state index in [1.807, 2.05) is 0 Å². The number of nitrogens with one attached hydrogen (secondary N) is 2. The van der Waals surface area contributed by atoms with E-state index in [4.69, 9.17) is 29.5 Å². The minimum absolute atomic E-state index is 0. The fraction of sp³-hybridized carbons (Fsp3) is 0.286. The van der Waals surface area contributed by atoms with Gasteiger partial charge in [0, 0.05) is 0 Å². The summed E-state index contributed by atoms with van der Waals surface area (Å²) in [4.78, 5) is 30.8. The largest absolute Gasteiger partial charge is 1.00 e. The Hall–Kier alpha value is -0.810. The second-order valence-electron chi connectivity index (χ2n) is 2.94. The van der Waals surface area contributed by atoms with Gasteiger partial charge in [-0.15, -0.1) is 0 Å². The minimum atomic E-state index is -1.44. The summed E-state index contributed by atoms with van der Waals surface area (Å²) < 4.78 is 0.145. The van der Waals surface area contributed by atoms with E-state index in [0.717, 1.165) is 4.90 Å². The maximum absolute atomic E-state index is 10.6. The summed E-state index contributed by atoms with van der Waals surface area (Å²) in [7, 11) is 0. The van der Waals surface area contributed by atoms with Crippen molar-refractivity contribution < 1.29 is 49.4 Å². The molecular weight excluding hydrogens is 291 g/mol. The predicted molar refractivity (Wildman–Crippen MR) is 59.5 cm³/mol. The fourth-order valence-electron chi connectivity index (χ4n) is 1.06. The molecule has 1 aromatic rings. The molecule has 0 aliphatic rings. The second kappa shape index (κ2) is 7.59. The average Bonchev–Trinajstić information content (AvgIpc) is 2.13. The van der Waals surface area contributed by atoms with Crippen molar-refractivity contribution in [1.82, 2.24) is 15.0 Å². The van der Waals surface area contributed by atoms with E-state index in [-0.39, 0.29) is 45.0 Å². The SMILES string of the molecule is O=C([O-])CN(CC(=O)O)c1nc(=S)[nH]c(=S)[nH]1.[Na+]. The number of nitrogens with zero attached hydrogens (tertiary/aromatic N) is 2. The Morgan fingerprint density at radius 1 is 1.33 bits per heavy atom. The predicted octanol–water partition coefficient (Wildman–Crippen LogP) is -4.16. The van der Waals surface area contributed by atoms with Crippen LogP contribution in [0.5, 0.6) is 0 Å². The van der Waals surface area contributed by atoms with Crippen molar-refractivity contribution in [2.45, 2.75) is 0 Å². The third-order valence-corrected chi connectivity index (χ3v) is 2.00. The molecule has 0 aliphatic heterocycles. The number of aromatic amines is 2. The van der Waals surface area contributed by atoms with Crippen LogP contribution in [0.25, 0.3) is 0 Å². The number of carbonyl (C=O) groups excluding carboxylic acids is 1. The molecule has 0 fully saturated rings. The Labute approximate surface area is 133 Å². The van der Waals surface area contributed by atoms with Crippen LogP contribution in [-0.2, 0) is 9.59 Å². The Morgan fingerprint density at radius 3 is 2.39 bits per heavy atom. The molecule has 1 heterocycles. The van der Waals surface area contributed by atoms with Crippen LogP contribution in [-0.4, -0.2) is 45.1 Å². The molecule has 18 heavy (non-hydrogen) atoms. The molecule has 92 valence electrons. The summed E-state index contributed by atoms with van der Waals surface area (Å²) in [5.41, 5.74) is 0. The summed E-state index contributed by atoms with van der Waals surface area (Å²) in [6, 6.07) is 0. The van der Waals surface area contributed by atoms with Crippen molar-refractivity contribution in [2.24, 2.45) is 0 Å². The number of carboxylic acid groups (broad SMARTS) is 2. The van der Waals surface area contributed by atoms with Gasteiger partial charge in [-0.05, 0) is 24.4 Å². The van der Waals surface area contributed by atoms with Gasteiger partial charge in [0.25, 0.3) is 0 Å². The van der Waals surface area contributed by atoms with Gasteiger partial charge in [-0.3, -0.25) is 4.79 Å². The topological polar surface area (TPSA) is 125 Å². The molecule has 8 nitrogen and oxygen atoms in total. The van der Waals surface area contributed by atoms with Crippen molar-refractivity contribution in [1.29, 1.82) is 0 Å². The summed E-state index contributed by atoms with van der Waals surface area (Å²) in [5.74, 6) is -2.69. The van der Waals surface area contributed by atoms with Crippen molar-refractivity contribution in [2.75, 3.05) is 18.0 Å². The molecule has 0 saturated heterocycles. The Balaban J connectivity index is 0.00000289. The maximum Gasteiger partial charge on any atom is 1.00 e. The van der Waals surface area contributed by atoms with Crippen LogP contribution in [0.1, 0.15) is 0 Å². The third kappa shape index (κ3) is 5.69. The molecule has 0 unspecified atom stereocenters. The summed E-state index contributed by atoms with van der Waals surface area (Å²) in [5, 5.41) is 19.1. The zero-order valence-corrected chi connectivity index (χ0v) is 12.9. The van der Waals surface area contributed by atoms with E-state index in [1.165, 1.54) is 0 Å². The van der Waals surface area contributed by atoms with Gasteiger partial charge in [0.15, 0.2) is 4.77 Å². The first-order chi connectivity index (χ1) is 7.88. The molecule has 0 saturated carbocycles. The van der Waals surface area contributed by atoms with Gasteiger partial charge in [-0.1, -0.05) is 0 Å². The van der Waals surface area contributed by atoms with Gasteiger partial charge in [0.2, 0.25) is 10.7 Å². The Bertz CT molecular complexity index is 513. The van der Waals surface area contributed by atoms with E-state index in [2.05, 4.69) is 15.0 Å². The first kappa shape index (κ1) is 17.2. The maximum atomic E-state index is 10.6. The smallest absolute Gasteiger partial charge is 0.548 e. The van der Waals surface area contributed by atoms with Crippen molar-refractivity contribution >= 4 is 42.3 Å². The zero-order chi connectivity index (χ0) is 13.0. The first-order valence-corrected chi connectivity index (χ1v) is 5.07. The Kier molecular flexibility index (Phi) is 7.25. The number of anilines is 1. The number of carbonyl (C=O) groups is 2. The van der Waals surface area contributed by atoms with E-state index in [9.17, 15) is 14.7 Å². The number of aromatic nitrogens is 3. The van der Waals surface area contributed by atoms with Crippen LogP contribution in [0.2, 0.25) is 0 Å². The summed E-state index contributed by atoms with van der Waals surface area (Å²) in [6.07, 6.45) is 0. The number of carboxylic acids is 2. The first-order valence-electron chi connectivity index (χ1n) is 4.25. The molecule has 3 N–H and O–H groups in total. The van der Waals surface area contributed by atoms with Gasteiger partial charge in [-0.2, -0.15) is 4.98 Å². The van der Waals surface area contributed by atoms with E-state index < -0.39 is 25.0 Å². The van der Waals surface area contributed by atoms with Crippen LogP contribution in [0, 0.1) is 9.54 Å². The fourth-order valence-corrected chi connectivity index (χ4v) is 1.50. The monoisotopic (exact) mass is 298 g/mol. The number of rotatable bonds is 5. The van der Waals surface area contributed by atoms with Crippen molar-refractivity contribution in [3.8, 4) is 0 Å². The van der Waals surface area contributed by atoms with E-state index in [0.29, 0.717) is 0 Å². The molecule has 0 bridgehead atoms. The normalized spacial score (nSPS) is 9.33. The number of H-pyrrole nitrogens is 2. The zero-order valence-electron chi connectivity index (χ0n) is 9.30. The number of hydrogen-bond acceptors (Lipinski definition) is 7. The van der Waals surface area contributed by atoms with Gasteiger partial charge >= 0.3 is 35.5 Å². The molecule has 1 aromatic heterocycles. The third-order valence-electron chi connectivity index (χ3n) is 1.60. The summed E-state index contributed by atoms with van der Waals surface area (Å²) in [6.45, 7) is -1.20. The van der Waals surface area contributed by atoms with Gasteiger partial charge < -0.3 is 29.9 Å². The van der Waals surface area contributed by atoms with E-state index >= 15 is 0 Å². The van der Waals surface area contributed by atoms with Crippen LogP contribution < -0.4 is 39.6 Å². The molecule has 0 atom stereocenters. The van der Waals surface area contributed by atoms with Crippen LogP contribution in [0.4, 0.5) is 5.95 Å². The van der Waals surface area contributed by atoms with E-state index in [1.54, 1.807) is 0 Å². The molecule has 0 radical (unpaired) electrons. The Morgan fingerprint density at radius 2 is 1.94 bits per heavy atom. The standard InChI is InChI=1S/C7H8N4O4S2.Na/c12-3(13)1-11(2-4(14)15)5-8-6(16)10-7(17)9-5;/h1-2H2,(H,12,13)(H,14,15)(H2,8,9,10,16,17);/q;+1/p-1. The van der Waals surface area contributed by atoms with Gasteiger partial charge in [0.1, 0.15) is 6.54 Å². The molecule has 1 rings (SSSR count). The van der Waals surface area contributed by atoms with Crippen LogP contribution >= 0.6 is 24.4 Å². The molecule has 0 aliphatic carbocycles. The van der Waals surface area contributed by atoms with Crippen LogP contribution in [0.3, 0.4) is 0 Å².